The van der Waals surface area contributed by atoms with Crippen LogP contribution in [0.2, 0.25) is 0 Å². The Labute approximate surface area is 90.9 Å². The van der Waals surface area contributed by atoms with Crippen LogP contribution in [0.1, 0.15) is 32.6 Å². The molecule has 1 heterocycles. The highest BCUT2D eigenvalue weighted by atomic mass is 16.4. The molecular weight excluding hydrogens is 194 g/mol. The number of carboxylic acids is 1. The quantitative estimate of drug-likeness (QED) is 0.692. The molecule has 1 aliphatic rings. The van der Waals surface area contributed by atoms with Crippen molar-refractivity contribution in [3.63, 3.8) is 0 Å². The Hall–Kier alpha value is -0.610. The van der Waals surface area contributed by atoms with E-state index in [9.17, 15) is 4.79 Å². The van der Waals surface area contributed by atoms with Crippen LogP contribution in [0.5, 0.6) is 0 Å². The van der Waals surface area contributed by atoms with E-state index in [0.29, 0.717) is 5.92 Å². The molecule has 1 saturated heterocycles. The predicted octanol–water partition coefficient (Wildman–Crippen LogP) is 0.944. The predicted molar refractivity (Wildman–Crippen MR) is 57.7 cm³/mol. The number of nitrogens with zero attached hydrogens (tertiary/aromatic N) is 1. The van der Waals surface area contributed by atoms with Crippen LogP contribution in [0.25, 0.3) is 0 Å². The number of hydrogen-bond acceptors (Lipinski definition) is 3. The number of hydrogen-bond donors (Lipinski definition) is 2. The highest BCUT2D eigenvalue weighted by molar-refractivity contribution is 5.73. The lowest BCUT2D eigenvalue weighted by Crippen LogP contribution is -2.39. The van der Waals surface area contributed by atoms with Gasteiger partial charge in [0, 0.05) is 13.2 Å². The van der Waals surface area contributed by atoms with Crippen molar-refractivity contribution in [1.29, 1.82) is 0 Å². The zero-order chi connectivity index (χ0) is 11.3. The summed E-state index contributed by atoms with van der Waals surface area (Å²) in [6.07, 6.45) is 3.45. The first-order valence-electron chi connectivity index (χ1n) is 5.76. The van der Waals surface area contributed by atoms with E-state index in [1.807, 2.05) is 11.8 Å². The summed E-state index contributed by atoms with van der Waals surface area (Å²) in [5, 5.41) is 17.9. The molecule has 2 unspecified atom stereocenters. The largest absolute Gasteiger partial charge is 0.480 e. The number of likely N-dealkylation sites (tertiary alicyclic amines) is 1. The number of aliphatic carboxylic acids is 1. The number of rotatable bonds is 6. The fraction of sp³-hybridized carbons (Fsp3) is 0.909. The summed E-state index contributed by atoms with van der Waals surface area (Å²) in [6.45, 7) is 3.92. The van der Waals surface area contributed by atoms with Crippen molar-refractivity contribution < 1.29 is 15.0 Å². The summed E-state index contributed by atoms with van der Waals surface area (Å²) < 4.78 is 0. The molecule has 1 fully saturated rings. The van der Waals surface area contributed by atoms with Gasteiger partial charge in [0.25, 0.3) is 0 Å². The van der Waals surface area contributed by atoms with E-state index in [1.165, 1.54) is 0 Å². The Balaban J connectivity index is 2.45. The Morgan fingerprint density at radius 3 is 2.87 bits per heavy atom. The van der Waals surface area contributed by atoms with Gasteiger partial charge in [-0.2, -0.15) is 0 Å². The second-order valence-corrected chi connectivity index (χ2v) is 4.30. The molecule has 0 spiro atoms. The third-order valence-corrected chi connectivity index (χ3v) is 3.14. The summed E-state index contributed by atoms with van der Waals surface area (Å²) in [6, 6.07) is -0.321. The summed E-state index contributed by atoms with van der Waals surface area (Å²) in [5.41, 5.74) is 0. The van der Waals surface area contributed by atoms with Crippen molar-refractivity contribution >= 4 is 5.97 Å². The van der Waals surface area contributed by atoms with Crippen LogP contribution in [-0.4, -0.2) is 46.8 Å². The summed E-state index contributed by atoms with van der Waals surface area (Å²) in [5.74, 6) is -0.227. The molecule has 15 heavy (non-hydrogen) atoms. The van der Waals surface area contributed by atoms with Crippen molar-refractivity contribution in [2.45, 2.75) is 38.6 Å². The minimum Gasteiger partial charge on any atom is -0.480 e. The van der Waals surface area contributed by atoms with Crippen LogP contribution >= 0.6 is 0 Å². The van der Waals surface area contributed by atoms with E-state index in [0.717, 1.165) is 38.8 Å². The molecule has 2 N–H and O–H groups in total. The molecule has 88 valence electrons. The molecule has 0 aromatic heterocycles. The molecule has 4 nitrogen and oxygen atoms in total. The Kier molecular flexibility index (Phi) is 5.05. The molecule has 0 radical (unpaired) electrons. The smallest absolute Gasteiger partial charge is 0.320 e. The van der Waals surface area contributed by atoms with E-state index in [1.54, 1.807) is 0 Å². The Morgan fingerprint density at radius 1 is 1.60 bits per heavy atom. The highest BCUT2D eigenvalue weighted by Gasteiger charge is 2.31. The summed E-state index contributed by atoms with van der Waals surface area (Å²) in [7, 11) is 0. The topological polar surface area (TPSA) is 60.8 Å². The van der Waals surface area contributed by atoms with E-state index >= 15 is 0 Å². The molecule has 0 amide bonds. The molecule has 4 heteroatoms. The molecule has 0 aliphatic carbocycles. The number of carbonyl (C=O) groups is 1. The zero-order valence-electron chi connectivity index (χ0n) is 9.35. The minimum atomic E-state index is -0.707. The third kappa shape index (κ3) is 3.47. The van der Waals surface area contributed by atoms with Gasteiger partial charge in [0.1, 0.15) is 6.04 Å². The van der Waals surface area contributed by atoms with Crippen LogP contribution < -0.4 is 0 Å². The van der Waals surface area contributed by atoms with Gasteiger partial charge in [-0.15, -0.1) is 0 Å². The first-order valence-corrected chi connectivity index (χ1v) is 5.76. The van der Waals surface area contributed by atoms with E-state index in [2.05, 4.69) is 0 Å². The second kappa shape index (κ2) is 6.08. The average Bonchev–Trinajstić information content (AvgIpc) is 2.62. The normalized spacial score (nSPS) is 24.3. The van der Waals surface area contributed by atoms with Crippen molar-refractivity contribution in [2.24, 2.45) is 5.92 Å². The lowest BCUT2D eigenvalue weighted by atomic mass is 10.1. The molecule has 2 atom stereocenters. The van der Waals surface area contributed by atoms with Crippen LogP contribution in [0.15, 0.2) is 0 Å². The van der Waals surface area contributed by atoms with Gasteiger partial charge in [0.05, 0.1) is 0 Å². The van der Waals surface area contributed by atoms with Crippen molar-refractivity contribution in [3.05, 3.63) is 0 Å². The standard InChI is InChI=1S/C11H21NO3/c1-2-3-10(11(14)15)12-6-4-9(8-12)5-7-13/h9-10,13H,2-8H2,1H3,(H,14,15). The molecule has 0 aromatic carbocycles. The monoisotopic (exact) mass is 215 g/mol. The fourth-order valence-corrected chi connectivity index (χ4v) is 2.30. The minimum absolute atomic E-state index is 0.212. The molecule has 0 bridgehead atoms. The SMILES string of the molecule is CCCC(C(=O)O)N1CCC(CCO)C1. The van der Waals surface area contributed by atoms with Gasteiger partial charge in [-0.3, -0.25) is 9.69 Å². The van der Waals surface area contributed by atoms with Gasteiger partial charge in [-0.05, 0) is 31.7 Å². The van der Waals surface area contributed by atoms with Crippen LogP contribution in [0.4, 0.5) is 0 Å². The lowest BCUT2D eigenvalue weighted by Gasteiger charge is -2.23. The average molecular weight is 215 g/mol. The van der Waals surface area contributed by atoms with E-state index in [4.69, 9.17) is 10.2 Å². The molecule has 1 aliphatic heterocycles. The maximum atomic E-state index is 11.0. The third-order valence-electron chi connectivity index (χ3n) is 3.14. The second-order valence-electron chi connectivity index (χ2n) is 4.30. The van der Waals surface area contributed by atoms with Gasteiger partial charge in [0.2, 0.25) is 0 Å². The fourth-order valence-electron chi connectivity index (χ4n) is 2.30. The summed E-state index contributed by atoms with van der Waals surface area (Å²) >= 11 is 0. The first-order chi connectivity index (χ1) is 7.19. The molecule has 1 rings (SSSR count). The van der Waals surface area contributed by atoms with Crippen LogP contribution in [-0.2, 0) is 4.79 Å². The van der Waals surface area contributed by atoms with Crippen LogP contribution in [0.3, 0.4) is 0 Å². The maximum absolute atomic E-state index is 11.0. The van der Waals surface area contributed by atoms with E-state index < -0.39 is 5.97 Å². The van der Waals surface area contributed by atoms with Crippen molar-refractivity contribution in [3.8, 4) is 0 Å². The first kappa shape index (κ1) is 12.5. The molecule has 0 saturated carbocycles. The maximum Gasteiger partial charge on any atom is 0.320 e. The van der Waals surface area contributed by atoms with E-state index in [-0.39, 0.29) is 12.6 Å². The van der Waals surface area contributed by atoms with Crippen molar-refractivity contribution in [2.75, 3.05) is 19.7 Å². The lowest BCUT2D eigenvalue weighted by molar-refractivity contribution is -0.143. The molecular formula is C11H21NO3. The Bertz CT molecular complexity index is 208. The van der Waals surface area contributed by atoms with Crippen LogP contribution in [0, 0.1) is 5.92 Å². The van der Waals surface area contributed by atoms with Gasteiger partial charge in [-0.25, -0.2) is 0 Å². The zero-order valence-corrected chi connectivity index (χ0v) is 9.35. The van der Waals surface area contributed by atoms with Gasteiger partial charge in [0.15, 0.2) is 0 Å². The number of carboxylic acid groups (broad SMARTS) is 1. The Morgan fingerprint density at radius 2 is 2.33 bits per heavy atom. The van der Waals surface area contributed by atoms with Gasteiger partial charge >= 0.3 is 5.97 Å². The van der Waals surface area contributed by atoms with Gasteiger partial charge in [-0.1, -0.05) is 13.3 Å². The number of aliphatic hydroxyl groups is 1. The number of aliphatic hydroxyl groups excluding tert-OH is 1. The summed E-state index contributed by atoms with van der Waals surface area (Å²) in [4.78, 5) is 13.1. The molecule has 0 aromatic rings. The van der Waals surface area contributed by atoms with Gasteiger partial charge < -0.3 is 10.2 Å². The highest BCUT2D eigenvalue weighted by Crippen LogP contribution is 2.22. The van der Waals surface area contributed by atoms with Crippen molar-refractivity contribution in [1.82, 2.24) is 4.90 Å².